The topological polar surface area (TPSA) is 63.5 Å². The van der Waals surface area contributed by atoms with Gasteiger partial charge in [-0.2, -0.15) is 0 Å². The van der Waals surface area contributed by atoms with Crippen molar-refractivity contribution in [2.45, 2.75) is 59.0 Å². The number of hydrogen-bond acceptors (Lipinski definition) is 3. The van der Waals surface area contributed by atoms with Gasteiger partial charge >= 0.3 is 0 Å². The molecule has 0 bridgehead atoms. The molecule has 1 atom stereocenters. The lowest BCUT2D eigenvalue weighted by Gasteiger charge is -2.19. The van der Waals surface area contributed by atoms with Crippen molar-refractivity contribution in [3.63, 3.8) is 0 Å². The maximum atomic E-state index is 14.4. The largest absolute Gasteiger partial charge is 0.490 e. The molecule has 1 fully saturated rings. The number of aromatic nitrogens is 2. The van der Waals surface area contributed by atoms with Gasteiger partial charge in [0.1, 0.15) is 5.82 Å². The van der Waals surface area contributed by atoms with Crippen LogP contribution in [0.5, 0.6) is 5.75 Å². The molecule has 0 saturated heterocycles. The van der Waals surface area contributed by atoms with Crippen molar-refractivity contribution >= 4 is 29.9 Å². The lowest BCUT2D eigenvalue weighted by atomic mass is 10.1. The number of nitrogens with zero attached hydrogens (tertiary/aromatic N) is 3. The fraction of sp³-hybridized carbons (Fsp3) is 0.565. The summed E-state index contributed by atoms with van der Waals surface area (Å²) < 4.78 is 22.1. The van der Waals surface area contributed by atoms with Gasteiger partial charge in [0.05, 0.1) is 12.6 Å². The minimum atomic E-state index is -0.307. The van der Waals surface area contributed by atoms with Crippen LogP contribution in [0.3, 0.4) is 0 Å². The number of halogens is 2. The third-order valence-corrected chi connectivity index (χ3v) is 5.33. The summed E-state index contributed by atoms with van der Waals surface area (Å²) in [5.74, 6) is 2.43. The summed E-state index contributed by atoms with van der Waals surface area (Å²) in [6.07, 6.45) is 8.25. The van der Waals surface area contributed by atoms with Crippen LogP contribution >= 0.6 is 24.0 Å². The van der Waals surface area contributed by atoms with E-state index in [0.717, 1.165) is 49.8 Å². The van der Waals surface area contributed by atoms with Crippen LogP contribution in [0.1, 0.15) is 57.0 Å². The Balaban J connectivity index is 0.00000341. The average molecular weight is 543 g/mol. The van der Waals surface area contributed by atoms with Gasteiger partial charge in [-0.1, -0.05) is 6.07 Å². The van der Waals surface area contributed by atoms with E-state index < -0.39 is 0 Å². The molecule has 1 aliphatic carbocycles. The maximum absolute atomic E-state index is 14.4. The van der Waals surface area contributed by atoms with Crippen LogP contribution in [0.15, 0.2) is 35.6 Å². The van der Waals surface area contributed by atoms with Crippen molar-refractivity contribution in [1.29, 1.82) is 0 Å². The van der Waals surface area contributed by atoms with Gasteiger partial charge in [-0.25, -0.2) is 9.37 Å². The molecule has 1 aromatic heterocycles. The quantitative estimate of drug-likeness (QED) is 0.185. The van der Waals surface area contributed by atoms with Gasteiger partial charge < -0.3 is 19.9 Å². The highest BCUT2D eigenvalue weighted by Gasteiger charge is 2.22. The number of benzene rings is 1. The predicted molar refractivity (Wildman–Crippen MR) is 134 cm³/mol. The van der Waals surface area contributed by atoms with Crippen LogP contribution in [-0.4, -0.2) is 35.2 Å². The van der Waals surface area contributed by atoms with E-state index in [1.165, 1.54) is 12.8 Å². The molecule has 0 spiro atoms. The van der Waals surface area contributed by atoms with E-state index in [1.807, 2.05) is 39.2 Å². The van der Waals surface area contributed by atoms with Gasteiger partial charge in [0.2, 0.25) is 0 Å². The Hall–Kier alpha value is -1.84. The molecule has 0 radical (unpaired) electrons. The molecule has 0 amide bonds. The molecule has 1 aromatic carbocycles. The first kappa shape index (κ1) is 25.4. The first-order valence-corrected chi connectivity index (χ1v) is 11.0. The third-order valence-electron chi connectivity index (χ3n) is 5.33. The first-order chi connectivity index (χ1) is 14.6. The molecule has 1 heterocycles. The standard InChI is InChI=1S/C23H34FN5O.HI/c1-4-25-23(27-11-5-6-13-29-14-12-26-18(29)3)28-17(2)20-9-10-22(21(24)15-20)30-16-19-7-8-19;/h9-10,12,14-15,17,19H,4-8,11,13,16H2,1-3H3,(H2,25,27,28);1H. The van der Waals surface area contributed by atoms with Crippen LogP contribution in [0, 0.1) is 18.7 Å². The van der Waals surface area contributed by atoms with Crippen molar-refractivity contribution in [1.82, 2.24) is 20.2 Å². The number of aliphatic imine (C=N–C) groups is 1. The van der Waals surface area contributed by atoms with Crippen molar-refractivity contribution in [2.75, 3.05) is 19.7 Å². The molecule has 1 saturated carbocycles. The maximum Gasteiger partial charge on any atom is 0.191 e. The van der Waals surface area contributed by atoms with E-state index in [1.54, 1.807) is 12.1 Å². The Kier molecular flexibility index (Phi) is 10.6. The summed E-state index contributed by atoms with van der Waals surface area (Å²) in [5.41, 5.74) is 0.868. The van der Waals surface area contributed by atoms with E-state index in [-0.39, 0.29) is 35.8 Å². The molecule has 1 unspecified atom stereocenters. The molecule has 8 heteroatoms. The van der Waals surface area contributed by atoms with Crippen molar-refractivity contribution in [3.8, 4) is 5.75 Å². The lowest BCUT2D eigenvalue weighted by Crippen LogP contribution is -2.38. The van der Waals surface area contributed by atoms with E-state index in [4.69, 9.17) is 4.74 Å². The summed E-state index contributed by atoms with van der Waals surface area (Å²) in [7, 11) is 0. The number of unbranched alkanes of at least 4 members (excludes halogenated alkanes) is 1. The van der Waals surface area contributed by atoms with E-state index >= 15 is 0 Å². The second kappa shape index (κ2) is 12.9. The van der Waals surface area contributed by atoms with Crippen LogP contribution in [-0.2, 0) is 6.54 Å². The third kappa shape index (κ3) is 8.31. The summed E-state index contributed by atoms with van der Waals surface area (Å²) in [5, 5.41) is 6.64. The number of imidazole rings is 1. The molecule has 6 nitrogen and oxygen atoms in total. The SMILES string of the molecule is CCNC(=NCCCCn1ccnc1C)NC(C)c1ccc(OCC2CC2)c(F)c1.I. The Morgan fingerprint density at radius 1 is 1.35 bits per heavy atom. The van der Waals surface area contributed by atoms with Gasteiger partial charge in [0.15, 0.2) is 17.5 Å². The van der Waals surface area contributed by atoms with Crippen molar-refractivity contribution in [2.24, 2.45) is 10.9 Å². The van der Waals surface area contributed by atoms with Gasteiger partial charge in [-0.15, -0.1) is 24.0 Å². The summed E-state index contributed by atoms with van der Waals surface area (Å²) >= 11 is 0. The van der Waals surface area contributed by atoms with E-state index in [2.05, 4.69) is 25.2 Å². The van der Waals surface area contributed by atoms with Crippen molar-refractivity contribution in [3.05, 3.63) is 47.8 Å². The van der Waals surface area contributed by atoms with Gasteiger partial charge in [-0.3, -0.25) is 4.99 Å². The molecular weight excluding hydrogens is 508 g/mol. The number of rotatable bonds is 11. The number of guanidine groups is 1. The summed E-state index contributed by atoms with van der Waals surface area (Å²) in [6, 6.07) is 5.13. The predicted octanol–water partition coefficient (Wildman–Crippen LogP) is 4.83. The number of aryl methyl sites for hydroxylation is 2. The number of hydrogen-bond donors (Lipinski definition) is 2. The zero-order chi connectivity index (χ0) is 21.3. The van der Waals surface area contributed by atoms with Crippen molar-refractivity contribution < 1.29 is 9.13 Å². The smallest absolute Gasteiger partial charge is 0.191 e. The van der Waals surface area contributed by atoms with E-state index in [9.17, 15) is 4.39 Å². The minimum absolute atomic E-state index is 0. The number of ether oxygens (including phenoxy) is 1. The molecular formula is C23H35FIN5O. The minimum Gasteiger partial charge on any atom is -0.490 e. The lowest BCUT2D eigenvalue weighted by molar-refractivity contribution is 0.285. The fourth-order valence-corrected chi connectivity index (χ4v) is 3.23. The van der Waals surface area contributed by atoms with E-state index in [0.29, 0.717) is 18.3 Å². The average Bonchev–Trinajstić information content (AvgIpc) is 3.47. The molecule has 2 aromatic rings. The molecule has 1 aliphatic rings. The number of nitrogens with one attached hydrogen (secondary N) is 2. The summed E-state index contributed by atoms with van der Waals surface area (Å²) in [4.78, 5) is 8.91. The van der Waals surface area contributed by atoms with Gasteiger partial charge in [0.25, 0.3) is 0 Å². The highest BCUT2D eigenvalue weighted by Crippen LogP contribution is 2.30. The molecule has 31 heavy (non-hydrogen) atoms. The molecule has 0 aliphatic heterocycles. The highest BCUT2D eigenvalue weighted by atomic mass is 127. The Labute approximate surface area is 202 Å². The van der Waals surface area contributed by atoms with Crippen LogP contribution in [0.25, 0.3) is 0 Å². The molecule has 172 valence electrons. The molecule has 3 rings (SSSR count). The van der Waals surface area contributed by atoms with Crippen LogP contribution in [0.2, 0.25) is 0 Å². The second-order valence-corrected chi connectivity index (χ2v) is 7.95. The highest BCUT2D eigenvalue weighted by molar-refractivity contribution is 14.0. The van der Waals surface area contributed by atoms with Crippen LogP contribution < -0.4 is 15.4 Å². The Morgan fingerprint density at radius 3 is 2.81 bits per heavy atom. The zero-order valence-corrected chi connectivity index (χ0v) is 21.1. The van der Waals surface area contributed by atoms with Gasteiger partial charge in [0, 0.05) is 32.0 Å². The first-order valence-electron chi connectivity index (χ1n) is 11.0. The Bertz CT molecular complexity index is 837. The second-order valence-electron chi connectivity index (χ2n) is 7.95. The zero-order valence-electron chi connectivity index (χ0n) is 18.7. The van der Waals surface area contributed by atoms with Crippen LogP contribution in [0.4, 0.5) is 4.39 Å². The molecule has 2 N–H and O–H groups in total. The van der Waals surface area contributed by atoms with Gasteiger partial charge in [-0.05, 0) is 70.1 Å². The fourth-order valence-electron chi connectivity index (χ4n) is 3.23. The summed E-state index contributed by atoms with van der Waals surface area (Å²) in [6.45, 7) is 9.13. The Morgan fingerprint density at radius 2 is 2.16 bits per heavy atom. The normalized spacial score (nSPS) is 14.6. The monoisotopic (exact) mass is 543 g/mol.